The van der Waals surface area contributed by atoms with Gasteiger partial charge in [0, 0.05) is 44.6 Å². The number of aryl methyl sites for hydroxylation is 1. The van der Waals surface area contributed by atoms with E-state index in [0.717, 1.165) is 60.2 Å². The minimum Gasteiger partial charge on any atom is -0.388 e. The van der Waals surface area contributed by atoms with Gasteiger partial charge in [0.05, 0.1) is 18.7 Å². The summed E-state index contributed by atoms with van der Waals surface area (Å²) >= 11 is 0. The van der Waals surface area contributed by atoms with Gasteiger partial charge in [-0.1, -0.05) is 12.1 Å². The second-order valence-electron chi connectivity index (χ2n) is 5.96. The van der Waals surface area contributed by atoms with Crippen molar-refractivity contribution < 1.29 is 4.74 Å². The van der Waals surface area contributed by atoms with Gasteiger partial charge in [-0.3, -0.25) is 0 Å². The quantitative estimate of drug-likeness (QED) is 0.803. The molecule has 6 heteroatoms. The minimum absolute atomic E-state index is 0.737. The molecule has 1 fully saturated rings. The summed E-state index contributed by atoms with van der Waals surface area (Å²) in [4.78, 5) is 12.0. The average molecular weight is 323 g/mol. The second-order valence-corrected chi connectivity index (χ2v) is 5.96. The molecule has 0 unspecified atom stereocenters. The van der Waals surface area contributed by atoms with Crippen molar-refractivity contribution in [3.05, 3.63) is 36.5 Å². The number of morpholine rings is 1. The SMILES string of the molecule is CNc1cccc(-c2nc(N3CCOCC3)c3c(ccn3C)n2)c1. The van der Waals surface area contributed by atoms with E-state index < -0.39 is 0 Å². The first-order valence-corrected chi connectivity index (χ1v) is 8.20. The van der Waals surface area contributed by atoms with Gasteiger partial charge in [-0.05, 0) is 18.2 Å². The molecule has 1 saturated heterocycles. The molecule has 4 rings (SSSR count). The summed E-state index contributed by atoms with van der Waals surface area (Å²) in [5.74, 6) is 1.74. The Morgan fingerprint density at radius 3 is 2.75 bits per heavy atom. The summed E-state index contributed by atoms with van der Waals surface area (Å²) in [7, 11) is 3.95. The smallest absolute Gasteiger partial charge is 0.162 e. The summed E-state index contributed by atoms with van der Waals surface area (Å²) in [5, 5.41) is 3.17. The van der Waals surface area contributed by atoms with Crippen molar-refractivity contribution in [3.8, 4) is 11.4 Å². The zero-order chi connectivity index (χ0) is 16.5. The van der Waals surface area contributed by atoms with Crippen molar-refractivity contribution in [3.63, 3.8) is 0 Å². The predicted molar refractivity (Wildman–Crippen MR) is 96.5 cm³/mol. The zero-order valence-corrected chi connectivity index (χ0v) is 14.0. The van der Waals surface area contributed by atoms with E-state index in [0.29, 0.717) is 0 Å². The van der Waals surface area contributed by atoms with E-state index in [2.05, 4.69) is 20.9 Å². The molecule has 0 atom stereocenters. The molecule has 0 spiro atoms. The van der Waals surface area contributed by atoms with E-state index >= 15 is 0 Å². The predicted octanol–water partition coefficient (Wildman–Crippen LogP) is 2.51. The fourth-order valence-electron chi connectivity index (χ4n) is 3.11. The summed E-state index contributed by atoms with van der Waals surface area (Å²) < 4.78 is 7.58. The van der Waals surface area contributed by atoms with Crippen LogP contribution in [0.1, 0.15) is 0 Å². The van der Waals surface area contributed by atoms with Crippen LogP contribution in [-0.4, -0.2) is 47.9 Å². The third-order valence-corrected chi connectivity index (χ3v) is 4.42. The molecule has 1 aromatic carbocycles. The first-order chi connectivity index (χ1) is 11.8. The molecule has 0 aliphatic carbocycles. The maximum Gasteiger partial charge on any atom is 0.162 e. The first kappa shape index (κ1) is 15.0. The van der Waals surface area contributed by atoms with Crippen LogP contribution >= 0.6 is 0 Å². The van der Waals surface area contributed by atoms with Gasteiger partial charge in [-0.2, -0.15) is 0 Å². The fourth-order valence-corrected chi connectivity index (χ4v) is 3.11. The molecule has 124 valence electrons. The molecular formula is C18H21N5O. The van der Waals surface area contributed by atoms with E-state index in [1.165, 1.54) is 0 Å². The van der Waals surface area contributed by atoms with Crippen molar-refractivity contribution in [2.45, 2.75) is 0 Å². The van der Waals surface area contributed by atoms with Gasteiger partial charge in [-0.25, -0.2) is 9.97 Å². The van der Waals surface area contributed by atoms with Gasteiger partial charge < -0.3 is 19.5 Å². The molecule has 0 amide bonds. The Kier molecular flexibility index (Phi) is 3.82. The molecule has 1 aliphatic rings. The van der Waals surface area contributed by atoms with E-state index in [1.807, 2.05) is 44.6 Å². The van der Waals surface area contributed by atoms with E-state index in [4.69, 9.17) is 14.7 Å². The Balaban J connectivity index is 1.87. The summed E-state index contributed by atoms with van der Waals surface area (Å²) in [5.41, 5.74) is 4.11. The summed E-state index contributed by atoms with van der Waals surface area (Å²) in [6.07, 6.45) is 2.04. The number of benzene rings is 1. The lowest BCUT2D eigenvalue weighted by atomic mass is 10.2. The minimum atomic E-state index is 0.737. The molecule has 3 heterocycles. The molecule has 1 aliphatic heterocycles. The summed E-state index contributed by atoms with van der Waals surface area (Å²) in [6.45, 7) is 3.18. The van der Waals surface area contributed by atoms with Crippen molar-refractivity contribution in [2.75, 3.05) is 43.6 Å². The first-order valence-electron chi connectivity index (χ1n) is 8.20. The number of hydrogen-bond acceptors (Lipinski definition) is 5. The lowest BCUT2D eigenvalue weighted by Gasteiger charge is -2.28. The van der Waals surface area contributed by atoms with E-state index in [-0.39, 0.29) is 0 Å². The largest absolute Gasteiger partial charge is 0.388 e. The van der Waals surface area contributed by atoms with Crippen LogP contribution in [0.2, 0.25) is 0 Å². The molecule has 6 nitrogen and oxygen atoms in total. The number of aromatic nitrogens is 3. The van der Waals surface area contributed by atoms with Gasteiger partial charge in [0.1, 0.15) is 5.52 Å². The van der Waals surface area contributed by atoms with Gasteiger partial charge in [0.25, 0.3) is 0 Å². The van der Waals surface area contributed by atoms with Crippen LogP contribution < -0.4 is 10.2 Å². The lowest BCUT2D eigenvalue weighted by Crippen LogP contribution is -2.37. The third kappa shape index (κ3) is 2.59. The van der Waals surface area contributed by atoms with Crippen LogP contribution in [0.4, 0.5) is 11.5 Å². The van der Waals surface area contributed by atoms with Gasteiger partial charge in [0.2, 0.25) is 0 Å². The van der Waals surface area contributed by atoms with Gasteiger partial charge in [-0.15, -0.1) is 0 Å². The average Bonchev–Trinajstić information content (AvgIpc) is 3.03. The number of ether oxygens (including phenoxy) is 1. The number of hydrogen-bond donors (Lipinski definition) is 1. The maximum absolute atomic E-state index is 5.49. The Morgan fingerprint density at radius 2 is 1.96 bits per heavy atom. The standard InChI is InChI=1S/C18H21N5O/c1-19-14-5-3-4-13(12-14)17-20-15-6-7-22(2)16(15)18(21-17)23-8-10-24-11-9-23/h3-7,12,19H,8-11H2,1-2H3. The molecule has 0 bridgehead atoms. The molecule has 24 heavy (non-hydrogen) atoms. The Bertz CT molecular complexity index is 867. The van der Waals surface area contributed by atoms with Crippen LogP contribution in [0.15, 0.2) is 36.5 Å². The highest BCUT2D eigenvalue weighted by Gasteiger charge is 2.19. The highest BCUT2D eigenvalue weighted by Crippen LogP contribution is 2.29. The summed E-state index contributed by atoms with van der Waals surface area (Å²) in [6, 6.07) is 10.2. The van der Waals surface area contributed by atoms with Crippen molar-refractivity contribution in [2.24, 2.45) is 7.05 Å². The molecule has 1 N–H and O–H groups in total. The van der Waals surface area contributed by atoms with Crippen molar-refractivity contribution in [1.29, 1.82) is 0 Å². The Labute approximate surface area is 141 Å². The molecule has 3 aromatic rings. The maximum atomic E-state index is 5.49. The van der Waals surface area contributed by atoms with Crippen molar-refractivity contribution >= 4 is 22.5 Å². The highest BCUT2D eigenvalue weighted by molar-refractivity contribution is 5.89. The van der Waals surface area contributed by atoms with Crippen LogP contribution in [0.25, 0.3) is 22.4 Å². The normalized spacial score (nSPS) is 15.0. The number of nitrogens with zero attached hydrogens (tertiary/aromatic N) is 4. The fraction of sp³-hybridized carbons (Fsp3) is 0.333. The van der Waals surface area contributed by atoms with Crippen LogP contribution in [-0.2, 0) is 11.8 Å². The monoisotopic (exact) mass is 323 g/mol. The van der Waals surface area contributed by atoms with Crippen molar-refractivity contribution in [1.82, 2.24) is 14.5 Å². The van der Waals surface area contributed by atoms with Gasteiger partial charge >= 0.3 is 0 Å². The number of anilines is 2. The third-order valence-electron chi connectivity index (χ3n) is 4.42. The molecule has 0 radical (unpaired) electrons. The Morgan fingerprint density at radius 1 is 1.12 bits per heavy atom. The molecule has 0 saturated carbocycles. The topological polar surface area (TPSA) is 55.2 Å². The van der Waals surface area contributed by atoms with Gasteiger partial charge in [0.15, 0.2) is 11.6 Å². The number of rotatable bonds is 3. The number of fused-ring (bicyclic) bond motifs is 1. The second kappa shape index (κ2) is 6.13. The zero-order valence-electron chi connectivity index (χ0n) is 14.0. The Hall–Kier alpha value is -2.60. The lowest BCUT2D eigenvalue weighted by molar-refractivity contribution is 0.122. The van der Waals surface area contributed by atoms with E-state index in [9.17, 15) is 0 Å². The number of nitrogens with one attached hydrogen (secondary N) is 1. The highest BCUT2D eigenvalue weighted by atomic mass is 16.5. The van der Waals surface area contributed by atoms with E-state index in [1.54, 1.807) is 0 Å². The van der Waals surface area contributed by atoms with Crippen LogP contribution in [0.3, 0.4) is 0 Å². The molecular weight excluding hydrogens is 302 g/mol. The van der Waals surface area contributed by atoms with Crippen LogP contribution in [0.5, 0.6) is 0 Å². The van der Waals surface area contributed by atoms with Crippen LogP contribution in [0, 0.1) is 0 Å². The molecule has 2 aromatic heterocycles.